The first-order valence-corrected chi connectivity index (χ1v) is 11.6. The summed E-state index contributed by atoms with van der Waals surface area (Å²) in [7, 11) is 0. The van der Waals surface area contributed by atoms with Crippen LogP contribution in [0, 0.1) is 5.82 Å². The summed E-state index contributed by atoms with van der Waals surface area (Å²) in [5.41, 5.74) is 7.05. The fraction of sp³-hybridized carbons (Fsp3) is 0.321. The number of hydrogen-bond acceptors (Lipinski definition) is 4. The lowest BCUT2D eigenvalue weighted by molar-refractivity contribution is 0.0903. The summed E-state index contributed by atoms with van der Waals surface area (Å²) in [4.78, 5) is 14.0. The lowest BCUT2D eigenvalue weighted by Crippen LogP contribution is -2.30. The molecule has 5 heteroatoms. The van der Waals surface area contributed by atoms with E-state index in [1.165, 1.54) is 27.8 Å². The van der Waals surface area contributed by atoms with Crippen LogP contribution in [0.2, 0.25) is 0 Å². The molecule has 3 aromatic carbocycles. The minimum atomic E-state index is -0.451. The van der Waals surface area contributed by atoms with Gasteiger partial charge >= 0.3 is 0 Å². The van der Waals surface area contributed by atoms with E-state index in [1.54, 1.807) is 24.3 Å². The van der Waals surface area contributed by atoms with Crippen molar-refractivity contribution in [2.75, 3.05) is 13.2 Å². The quantitative estimate of drug-likeness (QED) is 0.511. The lowest BCUT2D eigenvalue weighted by Gasteiger charge is -2.29. The highest BCUT2D eigenvalue weighted by molar-refractivity contribution is 5.96. The van der Waals surface area contributed by atoms with Crippen LogP contribution in [0.3, 0.4) is 0 Å². The van der Waals surface area contributed by atoms with E-state index in [-0.39, 0.29) is 11.6 Å². The van der Waals surface area contributed by atoms with E-state index in [4.69, 9.17) is 5.11 Å². The molecule has 0 saturated heterocycles. The van der Waals surface area contributed by atoms with E-state index in [0.29, 0.717) is 17.5 Å². The number of ketones is 1. The Bertz CT molecular complexity index is 1130. The van der Waals surface area contributed by atoms with Crippen LogP contribution in [-0.2, 0) is 26.1 Å². The maximum Gasteiger partial charge on any atom is 0.188 e. The maximum atomic E-state index is 13.1. The number of nitrogens with one attached hydrogen (secondary N) is 1. The largest absolute Gasteiger partial charge is 0.388 e. The molecule has 0 radical (unpaired) electrons. The number of rotatable bonds is 8. The Hall–Kier alpha value is -2.86. The summed E-state index contributed by atoms with van der Waals surface area (Å²) in [5, 5.41) is 12.7. The van der Waals surface area contributed by atoms with Gasteiger partial charge in [-0.3, -0.25) is 9.69 Å². The standard InChI is InChI=1S/C28H29FN2O2/c29-25-9-7-22(8-10-25)26-14-27(26)30-15-20-3-4-21-11-12-31(17-24(21)13-20)16-19-1-5-23(6-2-19)28(33)18-32/h1-10,13,26-27,30,32H,11-12,14-18H2. The molecule has 2 aliphatic rings. The first-order valence-electron chi connectivity index (χ1n) is 11.6. The molecule has 1 aliphatic carbocycles. The van der Waals surface area contributed by atoms with Crippen LogP contribution < -0.4 is 5.32 Å². The molecule has 2 unspecified atom stereocenters. The monoisotopic (exact) mass is 444 g/mol. The number of carbonyl (C=O) groups excluding carboxylic acids is 1. The van der Waals surface area contributed by atoms with E-state index in [0.717, 1.165) is 39.0 Å². The van der Waals surface area contributed by atoms with Gasteiger partial charge in [-0.1, -0.05) is 54.6 Å². The Labute approximate surface area is 194 Å². The zero-order chi connectivity index (χ0) is 22.8. The number of fused-ring (bicyclic) bond motifs is 1. The van der Waals surface area contributed by atoms with Crippen LogP contribution in [0.4, 0.5) is 4.39 Å². The van der Waals surface area contributed by atoms with Gasteiger partial charge in [0.1, 0.15) is 12.4 Å². The molecule has 3 aromatic rings. The number of nitrogens with zero attached hydrogens (tertiary/aromatic N) is 1. The third kappa shape index (κ3) is 5.22. The SMILES string of the molecule is O=C(CO)c1ccc(CN2CCc3ccc(CNC4CC4c4ccc(F)cc4)cc3C2)cc1. The highest BCUT2D eigenvalue weighted by Crippen LogP contribution is 2.41. The van der Waals surface area contributed by atoms with E-state index in [2.05, 4.69) is 28.4 Å². The summed E-state index contributed by atoms with van der Waals surface area (Å²) in [6.07, 6.45) is 2.15. The molecule has 1 fully saturated rings. The predicted molar refractivity (Wildman–Crippen MR) is 127 cm³/mol. The number of Topliss-reactive ketones (excluding diaryl/α,β-unsaturated/α-hetero) is 1. The Kier molecular flexibility index (Phi) is 6.36. The fourth-order valence-corrected chi connectivity index (χ4v) is 4.81. The van der Waals surface area contributed by atoms with Gasteiger partial charge in [-0.2, -0.15) is 0 Å². The average Bonchev–Trinajstić information content (AvgIpc) is 3.62. The van der Waals surface area contributed by atoms with Crippen molar-refractivity contribution in [3.63, 3.8) is 0 Å². The highest BCUT2D eigenvalue weighted by atomic mass is 19.1. The molecule has 0 amide bonds. The molecule has 0 aromatic heterocycles. The second-order valence-electron chi connectivity index (χ2n) is 9.22. The molecule has 170 valence electrons. The van der Waals surface area contributed by atoms with Gasteiger partial charge in [0.2, 0.25) is 0 Å². The minimum Gasteiger partial charge on any atom is -0.388 e. The second-order valence-corrected chi connectivity index (χ2v) is 9.22. The topological polar surface area (TPSA) is 52.6 Å². The van der Waals surface area contributed by atoms with Gasteiger partial charge < -0.3 is 10.4 Å². The van der Waals surface area contributed by atoms with Crippen LogP contribution in [0.5, 0.6) is 0 Å². The van der Waals surface area contributed by atoms with Gasteiger partial charge in [0, 0.05) is 43.7 Å². The number of aliphatic hydroxyl groups is 1. The van der Waals surface area contributed by atoms with E-state index in [9.17, 15) is 9.18 Å². The Morgan fingerprint density at radius 1 is 1.00 bits per heavy atom. The van der Waals surface area contributed by atoms with Gasteiger partial charge in [-0.05, 0) is 52.8 Å². The van der Waals surface area contributed by atoms with Crippen LogP contribution in [0.25, 0.3) is 0 Å². The Morgan fingerprint density at radius 3 is 2.52 bits per heavy atom. The maximum absolute atomic E-state index is 13.1. The Balaban J connectivity index is 1.16. The number of benzene rings is 3. The van der Waals surface area contributed by atoms with Gasteiger partial charge in [0.15, 0.2) is 5.78 Å². The number of hydrogen-bond donors (Lipinski definition) is 2. The van der Waals surface area contributed by atoms with Crippen molar-refractivity contribution < 1.29 is 14.3 Å². The van der Waals surface area contributed by atoms with E-state index >= 15 is 0 Å². The predicted octanol–water partition coefficient (Wildman–Crippen LogP) is 4.20. The molecule has 4 nitrogen and oxygen atoms in total. The van der Waals surface area contributed by atoms with Crippen molar-refractivity contribution >= 4 is 5.78 Å². The first-order chi connectivity index (χ1) is 16.1. The van der Waals surface area contributed by atoms with Crippen LogP contribution in [-0.4, -0.2) is 35.0 Å². The molecule has 5 rings (SSSR count). The molecular weight excluding hydrogens is 415 g/mol. The molecule has 1 aliphatic heterocycles. The van der Waals surface area contributed by atoms with E-state index in [1.807, 2.05) is 24.3 Å². The zero-order valence-corrected chi connectivity index (χ0v) is 18.6. The molecule has 0 spiro atoms. The number of aliphatic hydroxyl groups excluding tert-OH is 1. The number of halogens is 1. The zero-order valence-electron chi connectivity index (χ0n) is 18.6. The summed E-state index contributed by atoms with van der Waals surface area (Å²) >= 11 is 0. The summed E-state index contributed by atoms with van der Waals surface area (Å²) in [5.74, 6) is 0.0587. The summed E-state index contributed by atoms with van der Waals surface area (Å²) in [6.45, 7) is 3.17. The van der Waals surface area contributed by atoms with Crippen molar-refractivity contribution in [2.45, 2.75) is 44.4 Å². The van der Waals surface area contributed by atoms with Crippen molar-refractivity contribution in [1.82, 2.24) is 10.2 Å². The summed E-state index contributed by atoms with van der Waals surface area (Å²) < 4.78 is 13.1. The van der Waals surface area contributed by atoms with Crippen LogP contribution >= 0.6 is 0 Å². The van der Waals surface area contributed by atoms with Crippen molar-refractivity contribution in [3.8, 4) is 0 Å². The highest BCUT2D eigenvalue weighted by Gasteiger charge is 2.37. The third-order valence-electron chi connectivity index (χ3n) is 6.84. The lowest BCUT2D eigenvalue weighted by atomic mass is 9.96. The molecule has 33 heavy (non-hydrogen) atoms. The fourth-order valence-electron chi connectivity index (χ4n) is 4.81. The average molecular weight is 445 g/mol. The molecular formula is C28H29FN2O2. The molecule has 1 saturated carbocycles. The van der Waals surface area contributed by atoms with Gasteiger partial charge in [0.25, 0.3) is 0 Å². The van der Waals surface area contributed by atoms with Gasteiger partial charge in [-0.15, -0.1) is 0 Å². The first kappa shape index (κ1) is 22.0. The Morgan fingerprint density at radius 2 is 1.76 bits per heavy atom. The number of carbonyl (C=O) groups is 1. The van der Waals surface area contributed by atoms with Gasteiger partial charge in [-0.25, -0.2) is 4.39 Å². The van der Waals surface area contributed by atoms with Crippen molar-refractivity contribution in [2.24, 2.45) is 0 Å². The summed E-state index contributed by atoms with van der Waals surface area (Å²) in [6, 6.07) is 21.7. The molecule has 0 bridgehead atoms. The molecule has 2 N–H and O–H groups in total. The smallest absolute Gasteiger partial charge is 0.188 e. The van der Waals surface area contributed by atoms with Crippen LogP contribution in [0.15, 0.2) is 66.7 Å². The second kappa shape index (κ2) is 9.56. The van der Waals surface area contributed by atoms with Crippen molar-refractivity contribution in [1.29, 1.82) is 0 Å². The van der Waals surface area contributed by atoms with Crippen molar-refractivity contribution in [3.05, 3.63) is 106 Å². The minimum absolute atomic E-state index is 0.180. The molecule has 2 atom stereocenters. The normalized spacial score (nSPS) is 19.8. The molecule has 1 heterocycles. The van der Waals surface area contributed by atoms with Crippen LogP contribution in [0.1, 0.15) is 50.5 Å². The van der Waals surface area contributed by atoms with Gasteiger partial charge in [0.05, 0.1) is 0 Å². The third-order valence-corrected chi connectivity index (χ3v) is 6.84. The van der Waals surface area contributed by atoms with E-state index < -0.39 is 6.61 Å².